The summed E-state index contributed by atoms with van der Waals surface area (Å²) in [5.41, 5.74) is 2.01. The molecule has 2 heterocycles. The van der Waals surface area contributed by atoms with Gasteiger partial charge in [-0.1, -0.05) is 24.3 Å². The van der Waals surface area contributed by atoms with Crippen molar-refractivity contribution in [3.05, 3.63) is 54.1 Å². The molecule has 0 bridgehead atoms. The van der Waals surface area contributed by atoms with Gasteiger partial charge in [-0.05, 0) is 43.4 Å². The molecule has 0 radical (unpaired) electrons. The third kappa shape index (κ3) is 4.44. The molecule has 2 saturated heterocycles. The number of methoxy groups -OCH3 is 1. The molecule has 0 N–H and O–H groups in total. The molecular weight excluding hydrogens is 394 g/mol. The molecule has 2 aromatic carbocycles. The lowest BCUT2D eigenvalue weighted by Crippen LogP contribution is -2.56. The maximum atomic E-state index is 13.2. The lowest BCUT2D eigenvalue weighted by molar-refractivity contribution is 0.0560. The van der Waals surface area contributed by atoms with E-state index in [4.69, 9.17) is 4.74 Å². The summed E-state index contributed by atoms with van der Waals surface area (Å²) in [6, 6.07) is 16.7. The Kier molecular flexibility index (Phi) is 6.85. The molecule has 2 aromatic rings. The number of likely N-dealkylation sites (tertiary alicyclic amines) is 1. The zero-order chi connectivity index (χ0) is 20.9. The van der Waals surface area contributed by atoms with Crippen molar-refractivity contribution >= 4 is 23.4 Å². The average Bonchev–Trinajstić information content (AvgIpc) is 2.83. The van der Waals surface area contributed by atoms with Crippen LogP contribution in [0.3, 0.4) is 0 Å². The number of ether oxygens (including phenoxy) is 1. The quantitative estimate of drug-likeness (QED) is 0.680. The minimum atomic E-state index is 0.178. The van der Waals surface area contributed by atoms with Crippen molar-refractivity contribution in [1.82, 2.24) is 9.80 Å². The summed E-state index contributed by atoms with van der Waals surface area (Å²) in [6.45, 7) is 5.70. The zero-order valence-corrected chi connectivity index (χ0v) is 18.7. The monoisotopic (exact) mass is 425 g/mol. The van der Waals surface area contributed by atoms with E-state index < -0.39 is 0 Å². The number of nitrogens with zero attached hydrogens (tertiary/aromatic N) is 3. The van der Waals surface area contributed by atoms with Crippen LogP contribution in [0.4, 0.5) is 5.69 Å². The number of carbonyl (C=O) groups is 1. The van der Waals surface area contributed by atoms with Crippen molar-refractivity contribution in [1.29, 1.82) is 0 Å². The second-order valence-electron chi connectivity index (χ2n) is 7.94. The number of piperidine rings is 1. The molecule has 2 fully saturated rings. The fourth-order valence-corrected chi connectivity index (χ4v) is 5.24. The standard InChI is InChI=1S/C24H31N3O2S/c1-29-22-11-5-4-10-21(22)26-16-14-25(15-17-26)19-8-7-13-27(18-19)24(28)20-9-3-6-12-23(20)30-2/h3-6,9-12,19H,7-8,13-18H2,1-2H3. The van der Waals surface area contributed by atoms with Crippen LogP contribution in [-0.4, -0.2) is 74.4 Å². The fourth-order valence-electron chi connectivity index (χ4n) is 4.65. The van der Waals surface area contributed by atoms with Gasteiger partial charge >= 0.3 is 0 Å². The first kappa shape index (κ1) is 21.1. The minimum absolute atomic E-state index is 0.178. The third-order valence-corrected chi connectivity index (χ3v) is 7.07. The molecular formula is C24H31N3O2S. The molecule has 160 valence electrons. The highest BCUT2D eigenvalue weighted by Crippen LogP contribution is 2.29. The number of hydrogen-bond acceptors (Lipinski definition) is 5. The van der Waals surface area contributed by atoms with Crippen molar-refractivity contribution in [3.8, 4) is 5.75 Å². The molecule has 0 saturated carbocycles. The number of anilines is 1. The van der Waals surface area contributed by atoms with Crippen LogP contribution in [0.15, 0.2) is 53.4 Å². The Hall–Kier alpha value is -2.18. The molecule has 0 aromatic heterocycles. The molecule has 6 heteroatoms. The maximum absolute atomic E-state index is 13.2. The van der Waals surface area contributed by atoms with Crippen LogP contribution in [0.1, 0.15) is 23.2 Å². The Morgan fingerprint density at radius 3 is 2.50 bits per heavy atom. The number of para-hydroxylation sites is 2. The second kappa shape index (κ2) is 9.75. The molecule has 2 aliphatic heterocycles. The van der Waals surface area contributed by atoms with Crippen LogP contribution in [-0.2, 0) is 0 Å². The van der Waals surface area contributed by atoms with Gasteiger partial charge in [0.1, 0.15) is 5.75 Å². The van der Waals surface area contributed by atoms with E-state index in [9.17, 15) is 4.79 Å². The van der Waals surface area contributed by atoms with Gasteiger partial charge < -0.3 is 14.5 Å². The van der Waals surface area contributed by atoms with Crippen LogP contribution in [0.2, 0.25) is 0 Å². The van der Waals surface area contributed by atoms with Gasteiger partial charge in [-0.2, -0.15) is 0 Å². The van der Waals surface area contributed by atoms with E-state index in [0.717, 1.165) is 61.9 Å². The van der Waals surface area contributed by atoms with Gasteiger partial charge in [-0.25, -0.2) is 0 Å². The number of hydrogen-bond donors (Lipinski definition) is 0. The van der Waals surface area contributed by atoms with E-state index in [1.807, 2.05) is 42.7 Å². The SMILES string of the molecule is COc1ccccc1N1CCN(C2CCCN(C(=O)c3ccccc3SC)C2)CC1. The van der Waals surface area contributed by atoms with Crippen molar-refractivity contribution in [2.24, 2.45) is 0 Å². The zero-order valence-electron chi connectivity index (χ0n) is 17.9. The molecule has 2 aliphatic rings. The summed E-state index contributed by atoms with van der Waals surface area (Å²) in [6.07, 6.45) is 4.28. The summed E-state index contributed by atoms with van der Waals surface area (Å²) in [5.74, 6) is 1.12. The Balaban J connectivity index is 1.38. The van der Waals surface area contributed by atoms with E-state index in [1.165, 1.54) is 12.1 Å². The molecule has 0 aliphatic carbocycles. The Morgan fingerprint density at radius 2 is 1.73 bits per heavy atom. The highest BCUT2D eigenvalue weighted by Gasteiger charge is 2.31. The van der Waals surface area contributed by atoms with Crippen molar-refractivity contribution in [2.45, 2.75) is 23.8 Å². The first-order chi connectivity index (χ1) is 14.7. The first-order valence-corrected chi connectivity index (χ1v) is 12.0. The van der Waals surface area contributed by atoms with Crippen LogP contribution in [0.5, 0.6) is 5.75 Å². The van der Waals surface area contributed by atoms with Crippen LogP contribution in [0, 0.1) is 0 Å². The van der Waals surface area contributed by atoms with Crippen molar-refractivity contribution in [3.63, 3.8) is 0 Å². The number of carbonyl (C=O) groups excluding carboxylic acids is 1. The van der Waals surface area contributed by atoms with E-state index in [-0.39, 0.29) is 5.91 Å². The van der Waals surface area contributed by atoms with Crippen LogP contribution >= 0.6 is 11.8 Å². The summed E-state index contributed by atoms with van der Waals surface area (Å²) < 4.78 is 5.54. The van der Waals surface area contributed by atoms with Gasteiger partial charge in [0.05, 0.1) is 18.4 Å². The third-order valence-electron chi connectivity index (χ3n) is 6.28. The van der Waals surface area contributed by atoms with E-state index in [1.54, 1.807) is 18.9 Å². The summed E-state index contributed by atoms with van der Waals surface area (Å²) in [5, 5.41) is 0. The summed E-state index contributed by atoms with van der Waals surface area (Å²) in [7, 11) is 1.73. The topological polar surface area (TPSA) is 36.0 Å². The van der Waals surface area contributed by atoms with Gasteiger partial charge in [0.25, 0.3) is 5.91 Å². The fraction of sp³-hybridized carbons (Fsp3) is 0.458. The largest absolute Gasteiger partial charge is 0.495 e. The molecule has 1 unspecified atom stereocenters. The highest BCUT2D eigenvalue weighted by molar-refractivity contribution is 7.98. The van der Waals surface area contributed by atoms with Gasteiger partial charge in [0.2, 0.25) is 0 Å². The van der Waals surface area contributed by atoms with E-state index >= 15 is 0 Å². The average molecular weight is 426 g/mol. The molecule has 5 nitrogen and oxygen atoms in total. The minimum Gasteiger partial charge on any atom is -0.495 e. The second-order valence-corrected chi connectivity index (χ2v) is 8.79. The molecule has 0 spiro atoms. The molecule has 1 atom stereocenters. The lowest BCUT2D eigenvalue weighted by Gasteiger charge is -2.44. The van der Waals surface area contributed by atoms with E-state index in [0.29, 0.717) is 6.04 Å². The first-order valence-electron chi connectivity index (χ1n) is 10.8. The highest BCUT2D eigenvalue weighted by atomic mass is 32.2. The smallest absolute Gasteiger partial charge is 0.255 e. The molecule has 1 amide bonds. The maximum Gasteiger partial charge on any atom is 0.255 e. The Bertz CT molecular complexity index is 867. The summed E-state index contributed by atoms with van der Waals surface area (Å²) >= 11 is 1.64. The number of thioether (sulfide) groups is 1. The molecule has 4 rings (SSSR count). The van der Waals surface area contributed by atoms with Gasteiger partial charge in [-0.15, -0.1) is 11.8 Å². The lowest BCUT2D eigenvalue weighted by atomic mass is 10.0. The van der Waals surface area contributed by atoms with Crippen molar-refractivity contribution < 1.29 is 9.53 Å². The predicted octanol–water partition coefficient (Wildman–Crippen LogP) is 3.84. The number of benzene rings is 2. The van der Waals surface area contributed by atoms with Crippen molar-refractivity contribution in [2.75, 3.05) is 57.5 Å². The Morgan fingerprint density at radius 1 is 1.00 bits per heavy atom. The number of piperazine rings is 1. The van der Waals surface area contributed by atoms with Crippen LogP contribution in [0.25, 0.3) is 0 Å². The van der Waals surface area contributed by atoms with Gasteiger partial charge in [0.15, 0.2) is 0 Å². The van der Waals surface area contributed by atoms with Gasteiger partial charge in [-0.3, -0.25) is 9.69 Å². The number of amides is 1. The van der Waals surface area contributed by atoms with Crippen LogP contribution < -0.4 is 9.64 Å². The van der Waals surface area contributed by atoms with Gasteiger partial charge in [0, 0.05) is 50.2 Å². The normalized spacial score (nSPS) is 20.3. The number of rotatable bonds is 5. The summed E-state index contributed by atoms with van der Waals surface area (Å²) in [4.78, 5) is 21.3. The predicted molar refractivity (Wildman–Crippen MR) is 124 cm³/mol. The molecule has 30 heavy (non-hydrogen) atoms. The van der Waals surface area contributed by atoms with E-state index in [2.05, 4.69) is 26.8 Å². The Labute approximate surface area is 184 Å².